The second-order valence-electron chi connectivity index (χ2n) is 5.61. The molecule has 0 aromatic carbocycles. The third kappa shape index (κ3) is 4.23. The fourth-order valence-corrected chi connectivity index (χ4v) is 2.83. The van der Waals surface area contributed by atoms with E-state index in [1.165, 1.54) is 38.8 Å². The third-order valence-corrected chi connectivity index (χ3v) is 4.03. The minimum absolute atomic E-state index is 0.772. The van der Waals surface area contributed by atoms with E-state index in [9.17, 15) is 0 Å². The van der Waals surface area contributed by atoms with Crippen LogP contribution < -0.4 is 5.32 Å². The Hall–Kier alpha value is -1.03. The minimum Gasteiger partial charge on any atom is -0.356 e. The average molecular weight is 264 g/mol. The summed E-state index contributed by atoms with van der Waals surface area (Å²) >= 11 is 0. The summed E-state index contributed by atoms with van der Waals surface area (Å²) in [5.41, 5.74) is 0. The molecule has 0 saturated carbocycles. The van der Waals surface area contributed by atoms with E-state index in [1.807, 2.05) is 6.20 Å². The second-order valence-corrected chi connectivity index (χ2v) is 5.61. The molecule has 1 N–H and O–H groups in total. The Morgan fingerprint density at radius 1 is 1.37 bits per heavy atom. The van der Waals surface area contributed by atoms with Crippen LogP contribution in [0.4, 0.5) is 5.95 Å². The van der Waals surface area contributed by atoms with Gasteiger partial charge in [-0.05, 0) is 39.2 Å². The molecule has 0 bridgehead atoms. The molecule has 1 unspecified atom stereocenters. The Kier molecular flexibility index (Phi) is 5.70. The molecule has 1 atom stereocenters. The fraction of sp³-hybridized carbons (Fsp3) is 0.800. The zero-order valence-corrected chi connectivity index (χ0v) is 12.4. The lowest BCUT2D eigenvalue weighted by Gasteiger charge is -2.33. The molecule has 1 fully saturated rings. The number of rotatable bonds is 7. The van der Waals surface area contributed by atoms with Crippen molar-refractivity contribution in [3.05, 3.63) is 12.4 Å². The molecule has 1 aromatic heterocycles. The van der Waals surface area contributed by atoms with Crippen LogP contribution >= 0.6 is 0 Å². The number of hydrogen-bond acceptors (Lipinski definition) is 3. The van der Waals surface area contributed by atoms with E-state index >= 15 is 0 Å². The summed E-state index contributed by atoms with van der Waals surface area (Å²) in [7, 11) is 0. The van der Waals surface area contributed by atoms with Crippen LogP contribution in [0, 0.1) is 0 Å². The number of imidazole rings is 1. The first kappa shape index (κ1) is 14.4. The number of nitrogens with one attached hydrogen (secondary N) is 1. The standard InChI is InChI=1S/C15H28N4/c1-3-8-16-15-17-9-13-19(15)12-6-11-18-10-5-4-7-14(18)2/h9,13-14H,3-8,10-12H2,1-2H3,(H,16,17). The highest BCUT2D eigenvalue weighted by molar-refractivity contribution is 5.25. The van der Waals surface area contributed by atoms with Crippen molar-refractivity contribution in [1.29, 1.82) is 0 Å². The van der Waals surface area contributed by atoms with Gasteiger partial charge in [0.05, 0.1) is 0 Å². The predicted molar refractivity (Wildman–Crippen MR) is 80.5 cm³/mol. The quantitative estimate of drug-likeness (QED) is 0.822. The summed E-state index contributed by atoms with van der Waals surface area (Å²) in [6.07, 6.45) is 10.5. The predicted octanol–water partition coefficient (Wildman–Crippen LogP) is 2.97. The first-order chi connectivity index (χ1) is 9.31. The van der Waals surface area contributed by atoms with E-state index in [1.54, 1.807) is 0 Å². The molecule has 0 amide bonds. The van der Waals surface area contributed by atoms with Gasteiger partial charge in [0.2, 0.25) is 5.95 Å². The number of hydrogen-bond donors (Lipinski definition) is 1. The molecule has 0 radical (unpaired) electrons. The minimum atomic E-state index is 0.772. The maximum Gasteiger partial charge on any atom is 0.202 e. The van der Waals surface area contributed by atoms with Gasteiger partial charge in [-0.2, -0.15) is 0 Å². The highest BCUT2D eigenvalue weighted by Crippen LogP contribution is 2.16. The second kappa shape index (κ2) is 7.53. The van der Waals surface area contributed by atoms with Crippen LogP contribution in [-0.2, 0) is 6.54 Å². The summed E-state index contributed by atoms with van der Waals surface area (Å²) in [4.78, 5) is 7.01. The molecule has 0 aliphatic carbocycles. The van der Waals surface area contributed by atoms with Crippen molar-refractivity contribution in [2.75, 3.05) is 25.0 Å². The average Bonchev–Trinajstić information content (AvgIpc) is 2.86. The maximum absolute atomic E-state index is 4.37. The molecule has 0 spiro atoms. The lowest BCUT2D eigenvalue weighted by molar-refractivity contribution is 0.157. The number of likely N-dealkylation sites (tertiary alicyclic amines) is 1. The molecule has 4 nitrogen and oxygen atoms in total. The zero-order chi connectivity index (χ0) is 13.5. The van der Waals surface area contributed by atoms with Gasteiger partial charge in [-0.1, -0.05) is 13.3 Å². The molecule has 108 valence electrons. The summed E-state index contributed by atoms with van der Waals surface area (Å²) < 4.78 is 2.24. The molecule has 1 aliphatic rings. The number of nitrogens with zero attached hydrogens (tertiary/aromatic N) is 3. The molecular formula is C15H28N4. The van der Waals surface area contributed by atoms with Crippen molar-refractivity contribution >= 4 is 5.95 Å². The Balaban J connectivity index is 1.74. The molecule has 19 heavy (non-hydrogen) atoms. The van der Waals surface area contributed by atoms with E-state index in [4.69, 9.17) is 0 Å². The lowest BCUT2D eigenvalue weighted by atomic mass is 10.0. The van der Waals surface area contributed by atoms with Crippen LogP contribution in [0.2, 0.25) is 0 Å². The van der Waals surface area contributed by atoms with Crippen LogP contribution in [0.3, 0.4) is 0 Å². The lowest BCUT2D eigenvalue weighted by Crippen LogP contribution is -2.38. The van der Waals surface area contributed by atoms with Crippen molar-refractivity contribution in [3.63, 3.8) is 0 Å². The first-order valence-electron chi connectivity index (χ1n) is 7.80. The summed E-state index contributed by atoms with van der Waals surface area (Å²) in [6.45, 7) is 9.11. The van der Waals surface area contributed by atoms with Crippen molar-refractivity contribution in [1.82, 2.24) is 14.5 Å². The molecule has 4 heteroatoms. The first-order valence-corrected chi connectivity index (χ1v) is 7.80. The van der Waals surface area contributed by atoms with E-state index < -0.39 is 0 Å². The Morgan fingerprint density at radius 3 is 3.05 bits per heavy atom. The normalized spacial score (nSPS) is 20.6. The van der Waals surface area contributed by atoms with Crippen molar-refractivity contribution in [2.24, 2.45) is 0 Å². The molecule has 1 aromatic rings. The van der Waals surface area contributed by atoms with Crippen LogP contribution in [-0.4, -0.2) is 40.1 Å². The van der Waals surface area contributed by atoms with E-state index in [0.29, 0.717) is 0 Å². The number of aromatic nitrogens is 2. The summed E-state index contributed by atoms with van der Waals surface area (Å²) in [5, 5.41) is 3.38. The van der Waals surface area contributed by atoms with E-state index in [0.717, 1.165) is 31.5 Å². The molecule has 1 aliphatic heterocycles. The van der Waals surface area contributed by atoms with Gasteiger partial charge >= 0.3 is 0 Å². The highest BCUT2D eigenvalue weighted by Gasteiger charge is 2.17. The molecular weight excluding hydrogens is 236 g/mol. The van der Waals surface area contributed by atoms with E-state index in [-0.39, 0.29) is 0 Å². The summed E-state index contributed by atoms with van der Waals surface area (Å²) in [5.74, 6) is 1.02. The van der Waals surface area contributed by atoms with Crippen LogP contribution in [0.25, 0.3) is 0 Å². The zero-order valence-electron chi connectivity index (χ0n) is 12.4. The Labute approximate surface area is 117 Å². The smallest absolute Gasteiger partial charge is 0.202 e. The molecule has 2 heterocycles. The molecule has 1 saturated heterocycles. The largest absolute Gasteiger partial charge is 0.356 e. The van der Waals surface area contributed by atoms with Gasteiger partial charge in [0.15, 0.2) is 0 Å². The third-order valence-electron chi connectivity index (χ3n) is 4.03. The van der Waals surface area contributed by atoms with Crippen molar-refractivity contribution in [3.8, 4) is 0 Å². The van der Waals surface area contributed by atoms with Gasteiger partial charge in [0, 0.05) is 38.1 Å². The number of piperidine rings is 1. The van der Waals surface area contributed by atoms with Gasteiger partial charge in [-0.25, -0.2) is 4.98 Å². The topological polar surface area (TPSA) is 33.1 Å². The monoisotopic (exact) mass is 264 g/mol. The van der Waals surface area contributed by atoms with E-state index in [2.05, 4.69) is 39.8 Å². The maximum atomic E-state index is 4.37. The SMILES string of the molecule is CCCNc1nccn1CCCN1CCCCC1C. The van der Waals surface area contributed by atoms with Gasteiger partial charge in [0.25, 0.3) is 0 Å². The van der Waals surface area contributed by atoms with Gasteiger partial charge in [-0.15, -0.1) is 0 Å². The van der Waals surface area contributed by atoms with Gasteiger partial charge < -0.3 is 14.8 Å². The van der Waals surface area contributed by atoms with Crippen molar-refractivity contribution < 1.29 is 0 Å². The van der Waals surface area contributed by atoms with Crippen molar-refractivity contribution in [2.45, 2.75) is 58.5 Å². The van der Waals surface area contributed by atoms with Crippen LogP contribution in [0.5, 0.6) is 0 Å². The van der Waals surface area contributed by atoms with Gasteiger partial charge in [0.1, 0.15) is 0 Å². The molecule has 2 rings (SSSR count). The fourth-order valence-electron chi connectivity index (χ4n) is 2.83. The number of aryl methyl sites for hydroxylation is 1. The van der Waals surface area contributed by atoms with Crippen LogP contribution in [0.1, 0.15) is 46.0 Å². The Morgan fingerprint density at radius 2 is 2.26 bits per heavy atom. The van der Waals surface area contributed by atoms with Gasteiger partial charge in [-0.3, -0.25) is 0 Å². The summed E-state index contributed by atoms with van der Waals surface area (Å²) in [6, 6.07) is 0.772. The van der Waals surface area contributed by atoms with Crippen LogP contribution in [0.15, 0.2) is 12.4 Å². The number of anilines is 1. The Bertz CT molecular complexity index is 361. The highest BCUT2D eigenvalue weighted by atomic mass is 15.2.